The van der Waals surface area contributed by atoms with Gasteiger partial charge in [0.25, 0.3) is 0 Å². The van der Waals surface area contributed by atoms with Crippen molar-refractivity contribution in [1.82, 2.24) is 10.3 Å². The Morgan fingerprint density at radius 3 is 2.28 bits per heavy atom. The fourth-order valence-electron chi connectivity index (χ4n) is 3.40. The van der Waals surface area contributed by atoms with E-state index in [9.17, 15) is 18.0 Å². The molecule has 0 radical (unpaired) electrons. The first-order valence-corrected chi connectivity index (χ1v) is 10.3. The van der Waals surface area contributed by atoms with Crippen LogP contribution in [0.2, 0.25) is 0 Å². The van der Waals surface area contributed by atoms with E-state index in [1.165, 1.54) is 25.7 Å². The minimum atomic E-state index is -5.08. The van der Waals surface area contributed by atoms with Gasteiger partial charge in [0, 0.05) is 29.9 Å². The van der Waals surface area contributed by atoms with Gasteiger partial charge in [-0.1, -0.05) is 32.0 Å². The SMILES string of the molecule is CC1(C)CCC(NCc2ccc(-c3cccc(C(N)=O)c3)cn2)CC1.O=C(O)C(F)(F)F. The first kappa shape index (κ1) is 25.3. The van der Waals surface area contributed by atoms with Crippen LogP contribution in [0.4, 0.5) is 13.2 Å². The monoisotopic (exact) mass is 451 g/mol. The van der Waals surface area contributed by atoms with Crippen molar-refractivity contribution in [1.29, 1.82) is 0 Å². The van der Waals surface area contributed by atoms with E-state index < -0.39 is 18.1 Å². The summed E-state index contributed by atoms with van der Waals surface area (Å²) in [5.41, 5.74) is 9.35. The van der Waals surface area contributed by atoms with Gasteiger partial charge in [-0.15, -0.1) is 0 Å². The maximum atomic E-state index is 11.3. The van der Waals surface area contributed by atoms with Crippen molar-refractivity contribution in [3.05, 3.63) is 53.9 Å². The molecular formula is C23H28F3N3O3. The second kappa shape index (κ2) is 10.6. The number of hydrogen-bond acceptors (Lipinski definition) is 4. The molecule has 1 aromatic carbocycles. The maximum Gasteiger partial charge on any atom is 0.490 e. The van der Waals surface area contributed by atoms with Gasteiger partial charge in [0.1, 0.15) is 0 Å². The molecule has 0 saturated heterocycles. The summed E-state index contributed by atoms with van der Waals surface area (Å²) < 4.78 is 31.7. The predicted octanol–water partition coefficient (Wildman–Crippen LogP) is 4.54. The molecule has 174 valence electrons. The van der Waals surface area contributed by atoms with E-state index >= 15 is 0 Å². The number of amides is 1. The number of carboxylic acid groups (broad SMARTS) is 1. The predicted molar refractivity (Wildman–Crippen MR) is 115 cm³/mol. The van der Waals surface area contributed by atoms with Crippen LogP contribution in [-0.4, -0.2) is 34.2 Å². The van der Waals surface area contributed by atoms with Gasteiger partial charge >= 0.3 is 12.1 Å². The fraction of sp³-hybridized carbons (Fsp3) is 0.435. The number of nitrogens with zero attached hydrogens (tertiary/aromatic N) is 1. The number of halogens is 3. The molecule has 1 saturated carbocycles. The third-order valence-electron chi connectivity index (χ3n) is 5.46. The summed E-state index contributed by atoms with van der Waals surface area (Å²) in [4.78, 5) is 24.8. The minimum Gasteiger partial charge on any atom is -0.475 e. The highest BCUT2D eigenvalue weighted by Gasteiger charge is 2.38. The Hall–Kier alpha value is -2.94. The van der Waals surface area contributed by atoms with E-state index in [-0.39, 0.29) is 0 Å². The number of carbonyl (C=O) groups excluding carboxylic acids is 1. The average molecular weight is 451 g/mol. The van der Waals surface area contributed by atoms with E-state index in [0.29, 0.717) is 17.0 Å². The Bertz CT molecular complexity index is 918. The van der Waals surface area contributed by atoms with Crippen molar-refractivity contribution in [3.63, 3.8) is 0 Å². The first-order chi connectivity index (χ1) is 14.9. The number of nitrogens with one attached hydrogen (secondary N) is 1. The van der Waals surface area contributed by atoms with Crippen molar-refractivity contribution in [2.45, 2.75) is 58.3 Å². The lowest BCUT2D eigenvalue weighted by Crippen LogP contribution is -2.35. The van der Waals surface area contributed by atoms with Crippen LogP contribution in [0.15, 0.2) is 42.6 Å². The summed E-state index contributed by atoms with van der Waals surface area (Å²) in [6.07, 6.45) is 1.83. The summed E-state index contributed by atoms with van der Waals surface area (Å²) >= 11 is 0. The lowest BCUT2D eigenvalue weighted by Gasteiger charge is -2.34. The number of aliphatic carboxylic acids is 1. The second-order valence-corrected chi connectivity index (χ2v) is 8.61. The zero-order chi connectivity index (χ0) is 23.9. The van der Waals surface area contributed by atoms with Gasteiger partial charge in [-0.25, -0.2) is 4.79 Å². The van der Waals surface area contributed by atoms with Crippen LogP contribution in [0.3, 0.4) is 0 Å². The molecule has 4 N–H and O–H groups in total. The number of nitrogens with two attached hydrogens (primary N) is 1. The number of alkyl halides is 3. The molecule has 2 aromatic rings. The van der Waals surface area contributed by atoms with Crippen LogP contribution in [0, 0.1) is 5.41 Å². The van der Waals surface area contributed by atoms with Crippen LogP contribution >= 0.6 is 0 Å². The standard InChI is InChI=1S/C21H27N3O.C2HF3O2/c1-21(2)10-8-18(9-11-21)24-14-19-7-6-17(13-23-19)15-4-3-5-16(12-15)20(22)25;3-2(4,5)1(6)7/h3-7,12-13,18,24H,8-11,14H2,1-2H3,(H2,22,25);(H,6,7). The Kier molecular flexibility index (Phi) is 8.38. The van der Waals surface area contributed by atoms with Crippen molar-refractivity contribution < 1.29 is 27.9 Å². The summed E-state index contributed by atoms with van der Waals surface area (Å²) in [7, 11) is 0. The highest BCUT2D eigenvalue weighted by molar-refractivity contribution is 5.94. The molecule has 32 heavy (non-hydrogen) atoms. The molecule has 0 atom stereocenters. The lowest BCUT2D eigenvalue weighted by atomic mass is 9.75. The van der Waals surface area contributed by atoms with E-state index in [1.807, 2.05) is 30.5 Å². The van der Waals surface area contributed by atoms with Gasteiger partial charge in [0.05, 0.1) is 5.69 Å². The topological polar surface area (TPSA) is 105 Å². The fourth-order valence-corrected chi connectivity index (χ4v) is 3.40. The normalized spacial score (nSPS) is 16.0. The molecule has 1 amide bonds. The van der Waals surface area contributed by atoms with Crippen LogP contribution in [-0.2, 0) is 11.3 Å². The molecule has 0 bridgehead atoms. The van der Waals surface area contributed by atoms with Crippen molar-refractivity contribution >= 4 is 11.9 Å². The van der Waals surface area contributed by atoms with Gasteiger partial charge in [-0.05, 0) is 54.9 Å². The highest BCUT2D eigenvalue weighted by Crippen LogP contribution is 2.35. The van der Waals surface area contributed by atoms with E-state index in [4.69, 9.17) is 15.6 Å². The smallest absolute Gasteiger partial charge is 0.475 e. The molecule has 1 aliphatic carbocycles. The largest absolute Gasteiger partial charge is 0.490 e. The summed E-state index contributed by atoms with van der Waals surface area (Å²) in [6, 6.07) is 12.0. The summed E-state index contributed by atoms with van der Waals surface area (Å²) in [6.45, 7) is 5.51. The third-order valence-corrected chi connectivity index (χ3v) is 5.46. The highest BCUT2D eigenvalue weighted by atomic mass is 19.4. The zero-order valence-electron chi connectivity index (χ0n) is 18.1. The van der Waals surface area contributed by atoms with Gasteiger partial charge in [-0.2, -0.15) is 13.2 Å². The van der Waals surface area contributed by atoms with Gasteiger partial charge in [0.15, 0.2) is 0 Å². The number of rotatable bonds is 5. The van der Waals surface area contributed by atoms with Crippen LogP contribution in [0.25, 0.3) is 11.1 Å². The van der Waals surface area contributed by atoms with Crippen molar-refractivity contribution in [2.75, 3.05) is 0 Å². The number of primary amides is 1. The number of hydrogen-bond donors (Lipinski definition) is 3. The van der Waals surface area contributed by atoms with Crippen molar-refractivity contribution in [2.24, 2.45) is 11.1 Å². The molecule has 1 aromatic heterocycles. The van der Waals surface area contributed by atoms with Crippen LogP contribution < -0.4 is 11.1 Å². The number of carboxylic acids is 1. The molecule has 3 rings (SSSR count). The number of benzene rings is 1. The molecule has 1 heterocycles. The van der Waals surface area contributed by atoms with Crippen molar-refractivity contribution in [3.8, 4) is 11.1 Å². The minimum absolute atomic E-state index is 0.411. The summed E-state index contributed by atoms with van der Waals surface area (Å²) in [5, 5.41) is 10.8. The molecule has 6 nitrogen and oxygen atoms in total. The van der Waals surface area contributed by atoms with E-state index in [2.05, 4.69) is 24.1 Å². The second-order valence-electron chi connectivity index (χ2n) is 8.61. The first-order valence-electron chi connectivity index (χ1n) is 10.3. The number of pyridine rings is 1. The van der Waals surface area contributed by atoms with Gasteiger partial charge < -0.3 is 16.2 Å². The molecule has 0 unspecified atom stereocenters. The molecular weight excluding hydrogens is 423 g/mol. The number of aromatic nitrogens is 1. The zero-order valence-corrected chi connectivity index (χ0v) is 18.1. The van der Waals surface area contributed by atoms with Crippen LogP contribution in [0.5, 0.6) is 0 Å². The van der Waals surface area contributed by atoms with Gasteiger partial charge in [0.2, 0.25) is 5.91 Å². The molecule has 0 aliphatic heterocycles. The molecule has 9 heteroatoms. The van der Waals surface area contributed by atoms with Gasteiger partial charge in [-0.3, -0.25) is 9.78 Å². The molecule has 1 fully saturated rings. The molecule has 0 spiro atoms. The molecule has 1 aliphatic rings. The number of carbonyl (C=O) groups is 2. The maximum absolute atomic E-state index is 11.3. The quantitative estimate of drug-likeness (QED) is 0.619. The Balaban J connectivity index is 0.000000451. The average Bonchev–Trinajstić information content (AvgIpc) is 2.73. The van der Waals surface area contributed by atoms with E-state index in [1.54, 1.807) is 12.1 Å². The summed E-state index contributed by atoms with van der Waals surface area (Å²) in [5.74, 6) is -3.17. The van der Waals surface area contributed by atoms with Crippen LogP contribution in [0.1, 0.15) is 55.6 Å². The Labute approximate surface area is 185 Å². The Morgan fingerprint density at radius 1 is 1.16 bits per heavy atom. The lowest BCUT2D eigenvalue weighted by molar-refractivity contribution is -0.192. The van der Waals surface area contributed by atoms with E-state index in [0.717, 1.165) is 23.4 Å². The Morgan fingerprint density at radius 2 is 1.78 bits per heavy atom. The third kappa shape index (κ3) is 7.96.